The van der Waals surface area contributed by atoms with Crippen molar-refractivity contribution in [1.82, 2.24) is 10.1 Å². The highest BCUT2D eigenvalue weighted by Crippen LogP contribution is 2.13. The highest BCUT2D eigenvalue weighted by molar-refractivity contribution is 5.17. The molecule has 1 heterocycles. The van der Waals surface area contributed by atoms with Gasteiger partial charge in [-0.1, -0.05) is 38.3 Å². The fourth-order valence-corrected chi connectivity index (χ4v) is 1.54. The van der Waals surface area contributed by atoms with Gasteiger partial charge in [-0.2, -0.15) is 4.98 Å². The fourth-order valence-electron chi connectivity index (χ4n) is 1.54. The summed E-state index contributed by atoms with van der Waals surface area (Å²) in [5, 5.41) is 6.92. The zero-order valence-electron chi connectivity index (χ0n) is 9.92. The summed E-state index contributed by atoms with van der Waals surface area (Å²) in [5.74, 6) is 1.39. The van der Waals surface area contributed by atoms with Gasteiger partial charge in [0.05, 0.1) is 0 Å². The van der Waals surface area contributed by atoms with Gasteiger partial charge in [-0.15, -0.1) is 0 Å². The van der Waals surface area contributed by atoms with E-state index in [2.05, 4.69) is 29.3 Å². The molecule has 1 rings (SSSR count). The molecular weight excluding hydrogens is 190 g/mol. The third-order valence-electron chi connectivity index (χ3n) is 2.61. The van der Waals surface area contributed by atoms with Gasteiger partial charge in [0, 0.05) is 6.54 Å². The summed E-state index contributed by atoms with van der Waals surface area (Å²) < 4.78 is 4.99. The van der Waals surface area contributed by atoms with Gasteiger partial charge in [-0.3, -0.25) is 0 Å². The standard InChI is InChI=1S/C11H21N3O/c1-4-6-7-10(5-2)8-12-11-13-9(3)14-15-11/h10H,4-8H2,1-3H3,(H,12,13,14). The molecule has 4 heteroatoms. The Kier molecular flexibility index (Phi) is 5.15. The molecule has 0 aromatic carbocycles. The number of aromatic nitrogens is 2. The van der Waals surface area contributed by atoms with Crippen molar-refractivity contribution in [2.24, 2.45) is 5.92 Å². The molecule has 0 amide bonds. The second-order valence-corrected chi connectivity index (χ2v) is 3.94. The molecule has 0 aliphatic heterocycles. The van der Waals surface area contributed by atoms with Crippen LogP contribution in [0, 0.1) is 12.8 Å². The summed E-state index contributed by atoms with van der Waals surface area (Å²) in [5.41, 5.74) is 0. The van der Waals surface area contributed by atoms with Crippen molar-refractivity contribution in [3.05, 3.63) is 5.82 Å². The van der Waals surface area contributed by atoms with Crippen LogP contribution in [-0.2, 0) is 0 Å². The summed E-state index contributed by atoms with van der Waals surface area (Å²) in [4.78, 5) is 4.11. The summed E-state index contributed by atoms with van der Waals surface area (Å²) in [7, 11) is 0. The molecule has 1 aromatic rings. The highest BCUT2D eigenvalue weighted by Gasteiger charge is 2.07. The lowest BCUT2D eigenvalue weighted by molar-refractivity contribution is 0.415. The van der Waals surface area contributed by atoms with Crippen LogP contribution in [0.3, 0.4) is 0 Å². The highest BCUT2D eigenvalue weighted by atomic mass is 16.5. The summed E-state index contributed by atoms with van der Waals surface area (Å²) in [6.45, 7) is 7.20. The van der Waals surface area contributed by atoms with Crippen molar-refractivity contribution >= 4 is 6.01 Å². The largest absolute Gasteiger partial charge is 0.337 e. The topological polar surface area (TPSA) is 51.0 Å². The first kappa shape index (κ1) is 12.0. The molecule has 1 aromatic heterocycles. The van der Waals surface area contributed by atoms with Gasteiger partial charge < -0.3 is 9.84 Å². The molecule has 0 spiro atoms. The van der Waals surface area contributed by atoms with Crippen LogP contribution in [-0.4, -0.2) is 16.7 Å². The maximum Gasteiger partial charge on any atom is 0.321 e. The summed E-state index contributed by atoms with van der Waals surface area (Å²) >= 11 is 0. The Morgan fingerprint density at radius 3 is 2.73 bits per heavy atom. The number of anilines is 1. The van der Waals surface area contributed by atoms with E-state index in [1.807, 2.05) is 6.92 Å². The number of aryl methyl sites for hydroxylation is 1. The Labute approximate surface area is 91.5 Å². The fraction of sp³-hybridized carbons (Fsp3) is 0.818. The zero-order valence-corrected chi connectivity index (χ0v) is 9.92. The van der Waals surface area contributed by atoms with Crippen molar-refractivity contribution in [1.29, 1.82) is 0 Å². The molecule has 1 unspecified atom stereocenters. The molecule has 0 saturated heterocycles. The average molecular weight is 211 g/mol. The van der Waals surface area contributed by atoms with Crippen LogP contribution in [0.5, 0.6) is 0 Å². The molecule has 1 N–H and O–H groups in total. The Bertz CT molecular complexity index is 273. The molecule has 0 aliphatic carbocycles. The van der Waals surface area contributed by atoms with E-state index >= 15 is 0 Å². The smallest absolute Gasteiger partial charge is 0.321 e. The van der Waals surface area contributed by atoms with E-state index in [1.165, 1.54) is 25.7 Å². The summed E-state index contributed by atoms with van der Waals surface area (Å²) in [6, 6.07) is 0.544. The van der Waals surface area contributed by atoms with Crippen molar-refractivity contribution in [2.75, 3.05) is 11.9 Å². The molecule has 0 bridgehead atoms. The zero-order chi connectivity index (χ0) is 11.1. The van der Waals surface area contributed by atoms with Crippen LogP contribution >= 0.6 is 0 Å². The molecule has 0 saturated carbocycles. The second-order valence-electron chi connectivity index (χ2n) is 3.94. The van der Waals surface area contributed by atoms with Crippen molar-refractivity contribution in [2.45, 2.75) is 46.5 Å². The monoisotopic (exact) mass is 211 g/mol. The number of hydrogen-bond donors (Lipinski definition) is 1. The van der Waals surface area contributed by atoms with Crippen LogP contribution in [0.4, 0.5) is 6.01 Å². The van der Waals surface area contributed by atoms with Gasteiger partial charge in [0.2, 0.25) is 0 Å². The molecule has 0 radical (unpaired) electrons. The lowest BCUT2D eigenvalue weighted by Gasteiger charge is -2.13. The SMILES string of the molecule is CCCCC(CC)CNc1nc(C)no1. The lowest BCUT2D eigenvalue weighted by Crippen LogP contribution is -2.13. The van der Waals surface area contributed by atoms with Crippen molar-refractivity contribution in [3.63, 3.8) is 0 Å². The van der Waals surface area contributed by atoms with Crippen LogP contribution in [0.25, 0.3) is 0 Å². The third kappa shape index (κ3) is 4.32. The number of nitrogens with zero attached hydrogens (tertiary/aromatic N) is 2. The number of hydrogen-bond acceptors (Lipinski definition) is 4. The Hall–Kier alpha value is -1.06. The Morgan fingerprint density at radius 1 is 1.40 bits per heavy atom. The van der Waals surface area contributed by atoms with E-state index in [9.17, 15) is 0 Å². The van der Waals surface area contributed by atoms with Crippen LogP contribution in [0.15, 0.2) is 4.52 Å². The third-order valence-corrected chi connectivity index (χ3v) is 2.61. The van der Waals surface area contributed by atoms with E-state index in [4.69, 9.17) is 4.52 Å². The lowest BCUT2D eigenvalue weighted by atomic mass is 9.99. The first-order valence-corrected chi connectivity index (χ1v) is 5.80. The minimum absolute atomic E-state index is 0.544. The predicted octanol–water partition coefficient (Wildman–Crippen LogP) is 3.01. The van der Waals surface area contributed by atoms with Gasteiger partial charge in [0.1, 0.15) is 0 Å². The molecule has 15 heavy (non-hydrogen) atoms. The molecular formula is C11H21N3O. The van der Waals surface area contributed by atoms with Gasteiger partial charge in [0.25, 0.3) is 0 Å². The second kappa shape index (κ2) is 6.43. The first-order valence-electron chi connectivity index (χ1n) is 5.80. The van der Waals surface area contributed by atoms with E-state index in [1.54, 1.807) is 0 Å². The van der Waals surface area contributed by atoms with Crippen LogP contribution < -0.4 is 5.32 Å². The minimum Gasteiger partial charge on any atom is -0.337 e. The Balaban J connectivity index is 2.27. The van der Waals surface area contributed by atoms with Gasteiger partial charge >= 0.3 is 6.01 Å². The quantitative estimate of drug-likeness (QED) is 0.753. The van der Waals surface area contributed by atoms with Crippen LogP contribution in [0.2, 0.25) is 0 Å². The van der Waals surface area contributed by atoms with Crippen LogP contribution in [0.1, 0.15) is 45.4 Å². The maximum atomic E-state index is 4.99. The van der Waals surface area contributed by atoms with E-state index in [0.29, 0.717) is 17.8 Å². The van der Waals surface area contributed by atoms with E-state index in [0.717, 1.165) is 6.54 Å². The van der Waals surface area contributed by atoms with E-state index in [-0.39, 0.29) is 0 Å². The average Bonchev–Trinajstić information content (AvgIpc) is 2.65. The predicted molar refractivity (Wildman–Crippen MR) is 60.8 cm³/mol. The molecule has 86 valence electrons. The van der Waals surface area contributed by atoms with Crippen molar-refractivity contribution < 1.29 is 4.52 Å². The van der Waals surface area contributed by atoms with Crippen molar-refractivity contribution in [3.8, 4) is 0 Å². The summed E-state index contributed by atoms with van der Waals surface area (Å²) in [6.07, 6.45) is 5.02. The first-order chi connectivity index (χ1) is 7.26. The normalized spacial score (nSPS) is 12.7. The van der Waals surface area contributed by atoms with Gasteiger partial charge in [-0.25, -0.2) is 0 Å². The minimum atomic E-state index is 0.544. The Morgan fingerprint density at radius 2 is 2.20 bits per heavy atom. The van der Waals surface area contributed by atoms with E-state index < -0.39 is 0 Å². The molecule has 0 aliphatic rings. The number of unbranched alkanes of at least 4 members (excludes halogenated alkanes) is 1. The number of rotatable bonds is 7. The van der Waals surface area contributed by atoms with Gasteiger partial charge in [-0.05, 0) is 19.3 Å². The molecule has 1 atom stereocenters. The molecule has 4 nitrogen and oxygen atoms in total. The maximum absolute atomic E-state index is 4.99. The molecule has 0 fully saturated rings. The number of nitrogens with one attached hydrogen (secondary N) is 1. The van der Waals surface area contributed by atoms with Gasteiger partial charge in [0.15, 0.2) is 5.82 Å².